The van der Waals surface area contributed by atoms with Crippen LogP contribution in [0.5, 0.6) is 5.75 Å². The first-order chi connectivity index (χ1) is 23.0. The van der Waals surface area contributed by atoms with E-state index in [4.69, 9.17) is 4.74 Å². The Kier molecular flexibility index (Phi) is 9.96. The summed E-state index contributed by atoms with van der Waals surface area (Å²) in [6, 6.07) is 18.8. The van der Waals surface area contributed by atoms with Gasteiger partial charge in [-0.15, -0.1) is 0 Å². The van der Waals surface area contributed by atoms with Crippen LogP contribution in [0, 0.1) is 6.92 Å². The zero-order valence-electron chi connectivity index (χ0n) is 29.1. The Hall–Kier alpha value is -4.66. The van der Waals surface area contributed by atoms with Gasteiger partial charge in [-0.25, -0.2) is 0 Å². The van der Waals surface area contributed by atoms with Gasteiger partial charge in [-0.3, -0.25) is 9.35 Å². The minimum Gasteiger partial charge on any atom is -0.481 e. The molecule has 1 atom stereocenters. The van der Waals surface area contributed by atoms with Crippen LogP contribution in [0.4, 0.5) is 5.69 Å². The van der Waals surface area contributed by atoms with Crippen molar-refractivity contribution in [3.05, 3.63) is 131 Å². The number of fused-ring (bicyclic) bond motifs is 2. The van der Waals surface area contributed by atoms with Gasteiger partial charge in [0.2, 0.25) is 0 Å². The van der Waals surface area contributed by atoms with Gasteiger partial charge in [0.25, 0.3) is 10.1 Å². The minimum atomic E-state index is -4.45. The molecule has 0 bridgehead atoms. The summed E-state index contributed by atoms with van der Waals surface area (Å²) in [5.74, 6) is 0.584. The Bertz CT molecular complexity index is 2030. The van der Waals surface area contributed by atoms with E-state index in [1.165, 1.54) is 17.7 Å². The van der Waals surface area contributed by atoms with Gasteiger partial charge >= 0.3 is 5.97 Å². The Morgan fingerprint density at radius 1 is 1.06 bits per heavy atom. The van der Waals surface area contributed by atoms with Crippen molar-refractivity contribution in [1.82, 2.24) is 0 Å². The van der Waals surface area contributed by atoms with Crippen LogP contribution in [0.2, 0.25) is 0 Å². The summed E-state index contributed by atoms with van der Waals surface area (Å²) in [5.41, 5.74) is 7.53. The van der Waals surface area contributed by atoms with Crippen LogP contribution in [0.15, 0.2) is 108 Å². The number of nitrogens with zero attached hydrogens (tertiary/aromatic N) is 1. The summed E-state index contributed by atoms with van der Waals surface area (Å²) >= 11 is 0. The molecule has 3 aromatic rings. The second kappa shape index (κ2) is 13.7. The zero-order valence-corrected chi connectivity index (χ0v) is 29.9. The molecule has 3 aromatic carbocycles. The molecule has 0 spiro atoms. The first kappa shape index (κ1) is 35.6. The Morgan fingerprint density at radius 2 is 1.78 bits per heavy atom. The lowest BCUT2D eigenvalue weighted by Gasteiger charge is -2.43. The van der Waals surface area contributed by atoms with Gasteiger partial charge < -0.3 is 14.7 Å². The van der Waals surface area contributed by atoms with E-state index in [9.17, 15) is 22.9 Å². The van der Waals surface area contributed by atoms with Crippen LogP contribution < -0.4 is 9.64 Å². The number of anilines is 1. The summed E-state index contributed by atoms with van der Waals surface area (Å²) in [7, 11) is -4.45. The first-order valence-electron chi connectivity index (χ1n) is 16.5. The third-order valence-corrected chi connectivity index (χ3v) is 10.6. The highest BCUT2D eigenvalue weighted by atomic mass is 32.2. The summed E-state index contributed by atoms with van der Waals surface area (Å²) < 4.78 is 40.5. The van der Waals surface area contributed by atoms with Gasteiger partial charge in [0, 0.05) is 46.8 Å². The maximum atomic E-state index is 12.1. The van der Waals surface area contributed by atoms with Gasteiger partial charge in [0.05, 0.1) is 10.4 Å². The van der Waals surface area contributed by atoms with E-state index in [0.29, 0.717) is 24.0 Å². The Labute approximate surface area is 290 Å². The molecule has 0 amide bonds. The number of benzene rings is 3. The Balaban J connectivity index is 1.60. The molecule has 0 saturated heterocycles. The summed E-state index contributed by atoms with van der Waals surface area (Å²) in [4.78, 5) is 13.6. The highest BCUT2D eigenvalue weighted by molar-refractivity contribution is 7.85. The number of carboxylic acids is 1. The van der Waals surface area contributed by atoms with Crippen LogP contribution in [-0.2, 0) is 20.3 Å². The SMILES string of the molecule is C=C(/C=C/C=C1\C=C(c2ccccc2)Oc2cc3c(cc21)C(C)=CC(C)(C)N3CC)C(C)(CCCC(=O)O)c1cc(S(=O)(=O)O)ccc1C. The fraction of sp³-hybridized carbons (Fsp3) is 0.293. The van der Waals surface area contributed by atoms with E-state index in [-0.39, 0.29) is 16.9 Å². The van der Waals surface area contributed by atoms with Crippen LogP contribution in [0.3, 0.4) is 0 Å². The molecule has 5 rings (SSSR count). The van der Waals surface area contributed by atoms with Crippen molar-refractivity contribution in [2.75, 3.05) is 11.4 Å². The molecule has 1 unspecified atom stereocenters. The number of hydrogen-bond acceptors (Lipinski definition) is 5. The molecule has 0 saturated carbocycles. The van der Waals surface area contributed by atoms with E-state index >= 15 is 0 Å². The predicted octanol–water partition coefficient (Wildman–Crippen LogP) is 9.41. The standard InChI is InChI=1S/C41H45NO6S/c1-8-42-36-25-38-34(24-33(36)28(3)26-40(42,5)6)31(22-37(48-38)30-15-10-9-11-16-30)17-12-14-29(4)41(7,21-13-18-39(43)44)35-23-32(49(45,46)47)20-19-27(35)2/h9-12,14-17,19-20,22-26H,4,8,13,18,21H2,1-3,5-7H3,(H,43,44)(H,45,46,47)/b14-12+,31-17+. The smallest absolute Gasteiger partial charge is 0.303 e. The molecular formula is C41H45NO6S. The van der Waals surface area contributed by atoms with Crippen LogP contribution in [0.25, 0.3) is 16.9 Å². The number of ether oxygens (including phenoxy) is 1. The number of rotatable bonds is 11. The third-order valence-electron chi connectivity index (χ3n) is 9.72. The fourth-order valence-electron chi connectivity index (χ4n) is 7.11. The average molecular weight is 680 g/mol. The maximum Gasteiger partial charge on any atom is 0.303 e. The topological polar surface area (TPSA) is 104 Å². The largest absolute Gasteiger partial charge is 0.481 e. The van der Waals surface area contributed by atoms with Gasteiger partial charge in [0.1, 0.15) is 11.5 Å². The molecule has 2 N–H and O–H groups in total. The first-order valence-corrected chi connectivity index (χ1v) is 18.0. The van der Waals surface area contributed by atoms with E-state index in [2.05, 4.69) is 57.4 Å². The van der Waals surface area contributed by atoms with Crippen LogP contribution in [-0.4, -0.2) is 36.1 Å². The summed E-state index contributed by atoms with van der Waals surface area (Å²) in [5, 5.41) is 9.36. The average Bonchev–Trinajstić information content (AvgIpc) is 3.03. The number of carbonyl (C=O) groups is 1. The molecule has 7 nitrogen and oxygen atoms in total. The highest BCUT2D eigenvalue weighted by Crippen LogP contribution is 2.47. The van der Waals surface area contributed by atoms with Crippen molar-refractivity contribution in [2.24, 2.45) is 0 Å². The number of aryl methyl sites for hydroxylation is 1. The molecule has 8 heteroatoms. The molecule has 0 aliphatic carbocycles. The molecule has 0 radical (unpaired) electrons. The van der Waals surface area contributed by atoms with Crippen molar-refractivity contribution in [3.63, 3.8) is 0 Å². The number of likely N-dealkylation sites (N-methyl/N-ethyl adjacent to an activating group) is 1. The van der Waals surface area contributed by atoms with E-state index in [1.54, 1.807) is 6.07 Å². The van der Waals surface area contributed by atoms with Gasteiger partial charge in [-0.2, -0.15) is 8.42 Å². The number of allylic oxidation sites excluding steroid dienone is 7. The zero-order chi connectivity index (χ0) is 35.7. The third kappa shape index (κ3) is 7.36. The van der Waals surface area contributed by atoms with Gasteiger partial charge in [-0.05, 0) is 99.6 Å². The summed E-state index contributed by atoms with van der Waals surface area (Å²) in [6.45, 7) is 17.8. The number of carboxylic acid groups (broad SMARTS) is 1. The molecule has 2 aliphatic heterocycles. The second-order valence-electron chi connectivity index (χ2n) is 13.6. The molecular weight excluding hydrogens is 635 g/mol. The molecule has 0 aromatic heterocycles. The molecule has 2 heterocycles. The minimum absolute atomic E-state index is 0.0393. The van der Waals surface area contributed by atoms with Gasteiger partial charge in [-0.1, -0.05) is 74.2 Å². The summed E-state index contributed by atoms with van der Waals surface area (Å²) in [6.07, 6.45) is 10.9. The van der Waals surface area contributed by atoms with E-state index < -0.39 is 21.5 Å². The molecule has 49 heavy (non-hydrogen) atoms. The van der Waals surface area contributed by atoms with E-state index in [0.717, 1.165) is 51.6 Å². The van der Waals surface area contributed by atoms with Crippen molar-refractivity contribution in [1.29, 1.82) is 0 Å². The lowest BCUT2D eigenvalue weighted by molar-refractivity contribution is -0.137. The number of aliphatic carboxylic acids is 1. The molecule has 256 valence electrons. The van der Waals surface area contributed by atoms with Crippen LogP contribution >= 0.6 is 0 Å². The van der Waals surface area contributed by atoms with Crippen molar-refractivity contribution in [3.8, 4) is 5.75 Å². The second-order valence-corrected chi connectivity index (χ2v) is 15.0. The lowest BCUT2D eigenvalue weighted by Crippen LogP contribution is -2.44. The van der Waals surface area contributed by atoms with Crippen molar-refractivity contribution >= 4 is 38.7 Å². The van der Waals surface area contributed by atoms with E-state index in [1.807, 2.05) is 68.5 Å². The lowest BCUT2D eigenvalue weighted by atomic mass is 9.71. The normalized spacial score (nSPS) is 17.4. The van der Waals surface area contributed by atoms with Crippen LogP contribution in [0.1, 0.15) is 81.7 Å². The molecule has 0 fully saturated rings. The van der Waals surface area contributed by atoms with Gasteiger partial charge in [0.15, 0.2) is 0 Å². The quantitative estimate of drug-likeness (QED) is 0.154. The maximum absolute atomic E-state index is 12.1. The van der Waals surface area contributed by atoms with Crippen molar-refractivity contribution in [2.45, 2.75) is 76.7 Å². The Morgan fingerprint density at radius 3 is 2.43 bits per heavy atom. The fourth-order valence-corrected chi connectivity index (χ4v) is 7.62. The monoisotopic (exact) mass is 679 g/mol. The highest BCUT2D eigenvalue weighted by Gasteiger charge is 2.33. The van der Waals surface area contributed by atoms with Crippen molar-refractivity contribution < 1.29 is 27.6 Å². The predicted molar refractivity (Wildman–Crippen MR) is 198 cm³/mol. The molecule has 2 aliphatic rings. The number of hydrogen-bond donors (Lipinski definition) is 2.